The normalized spacial score (nSPS) is 10.9. The van der Waals surface area contributed by atoms with Crippen LogP contribution < -0.4 is 0 Å². The molecule has 0 aliphatic heterocycles. The maximum atomic E-state index is 11.5. The summed E-state index contributed by atoms with van der Waals surface area (Å²) in [6, 6.07) is 0. The summed E-state index contributed by atoms with van der Waals surface area (Å²) in [7, 11) is 1.91. The van der Waals surface area contributed by atoms with E-state index in [-0.39, 0.29) is 5.78 Å². The van der Waals surface area contributed by atoms with Gasteiger partial charge in [0.2, 0.25) is 0 Å². The smallest absolute Gasteiger partial charge is 0.150 e. The van der Waals surface area contributed by atoms with Crippen molar-refractivity contribution in [2.45, 2.75) is 25.5 Å². The molecule has 0 aliphatic carbocycles. The summed E-state index contributed by atoms with van der Waals surface area (Å²) in [5.74, 6) is 1.68. The average Bonchev–Trinajstić information content (AvgIpc) is 2.49. The van der Waals surface area contributed by atoms with Crippen LogP contribution in [0, 0.1) is 0 Å². The molecule has 0 aromatic carbocycles. The molecule has 0 atom stereocenters. The molecular weight excluding hydrogens is 196 g/mol. The number of aryl methyl sites for hydroxylation is 1. The number of nitrogens with zero attached hydrogens (tertiary/aromatic N) is 2. The van der Waals surface area contributed by atoms with Crippen LogP contribution in [0.3, 0.4) is 0 Å². The summed E-state index contributed by atoms with van der Waals surface area (Å²) in [4.78, 5) is 15.6. The predicted octanol–water partition coefficient (Wildman–Crippen LogP) is 1.67. The lowest BCUT2D eigenvalue weighted by Crippen LogP contribution is -2.11. The number of ketones is 1. The summed E-state index contributed by atoms with van der Waals surface area (Å²) < 4.78 is 1.89. The maximum absolute atomic E-state index is 11.5. The Morgan fingerprint density at radius 2 is 2.36 bits per heavy atom. The standard InChI is InChI=1S/C10H16N2OS/c1-8(2)14-7-9(13)6-10-11-4-5-12(10)3/h4-5,8H,6-7H2,1-3H3. The third-order valence-electron chi connectivity index (χ3n) is 1.85. The van der Waals surface area contributed by atoms with Gasteiger partial charge in [-0.3, -0.25) is 4.79 Å². The van der Waals surface area contributed by atoms with E-state index in [9.17, 15) is 4.79 Å². The second kappa shape index (κ2) is 5.20. The summed E-state index contributed by atoms with van der Waals surface area (Å²) in [6.45, 7) is 4.19. The predicted molar refractivity (Wildman–Crippen MR) is 59.5 cm³/mol. The lowest BCUT2D eigenvalue weighted by atomic mass is 10.3. The van der Waals surface area contributed by atoms with Crippen molar-refractivity contribution in [3.05, 3.63) is 18.2 Å². The monoisotopic (exact) mass is 212 g/mol. The molecule has 14 heavy (non-hydrogen) atoms. The molecule has 1 aromatic heterocycles. The van der Waals surface area contributed by atoms with Gasteiger partial charge in [-0.2, -0.15) is 11.8 Å². The Kier molecular flexibility index (Phi) is 4.20. The summed E-state index contributed by atoms with van der Waals surface area (Å²) in [5.41, 5.74) is 0. The number of imidazole rings is 1. The fraction of sp³-hybridized carbons (Fsp3) is 0.600. The summed E-state index contributed by atoms with van der Waals surface area (Å²) in [6.07, 6.45) is 4.03. The quantitative estimate of drug-likeness (QED) is 0.744. The van der Waals surface area contributed by atoms with E-state index in [1.54, 1.807) is 18.0 Å². The highest BCUT2D eigenvalue weighted by molar-refractivity contribution is 8.00. The van der Waals surface area contributed by atoms with E-state index in [4.69, 9.17) is 0 Å². The number of rotatable bonds is 5. The van der Waals surface area contributed by atoms with E-state index in [1.807, 2.05) is 17.8 Å². The molecule has 1 heterocycles. The van der Waals surface area contributed by atoms with Crippen LogP contribution in [0.5, 0.6) is 0 Å². The van der Waals surface area contributed by atoms with Gasteiger partial charge in [0.25, 0.3) is 0 Å². The van der Waals surface area contributed by atoms with Gasteiger partial charge < -0.3 is 4.57 Å². The van der Waals surface area contributed by atoms with Crippen LogP contribution in [0.25, 0.3) is 0 Å². The molecule has 4 heteroatoms. The minimum absolute atomic E-state index is 0.248. The van der Waals surface area contributed by atoms with Crippen molar-refractivity contribution >= 4 is 17.5 Å². The van der Waals surface area contributed by atoms with Crippen LogP contribution in [0.4, 0.5) is 0 Å². The minimum atomic E-state index is 0.248. The summed E-state index contributed by atoms with van der Waals surface area (Å²) in [5, 5.41) is 0.514. The highest BCUT2D eigenvalue weighted by Crippen LogP contribution is 2.09. The molecule has 78 valence electrons. The Bertz CT molecular complexity index is 307. The molecule has 0 amide bonds. The Hall–Kier alpha value is -0.770. The van der Waals surface area contributed by atoms with Crippen LogP contribution in [0.2, 0.25) is 0 Å². The van der Waals surface area contributed by atoms with Gasteiger partial charge in [-0.05, 0) is 5.25 Å². The Labute approximate surface area is 88.9 Å². The first-order valence-electron chi connectivity index (χ1n) is 4.69. The van der Waals surface area contributed by atoms with E-state index < -0.39 is 0 Å². The number of hydrogen-bond acceptors (Lipinski definition) is 3. The Balaban J connectivity index is 2.38. The van der Waals surface area contributed by atoms with Gasteiger partial charge >= 0.3 is 0 Å². The van der Waals surface area contributed by atoms with Gasteiger partial charge in [0.1, 0.15) is 11.6 Å². The molecule has 0 saturated heterocycles. The number of hydrogen-bond donors (Lipinski definition) is 0. The lowest BCUT2D eigenvalue weighted by Gasteiger charge is -2.03. The Morgan fingerprint density at radius 3 is 2.86 bits per heavy atom. The van der Waals surface area contributed by atoms with Crippen molar-refractivity contribution in [1.29, 1.82) is 0 Å². The molecular formula is C10H16N2OS. The van der Waals surface area contributed by atoms with E-state index in [0.717, 1.165) is 5.82 Å². The second-order valence-corrected chi connectivity index (χ2v) is 5.09. The lowest BCUT2D eigenvalue weighted by molar-refractivity contribution is -0.116. The second-order valence-electron chi connectivity index (χ2n) is 3.53. The third-order valence-corrected chi connectivity index (χ3v) is 3.01. The first-order valence-corrected chi connectivity index (χ1v) is 5.74. The van der Waals surface area contributed by atoms with Crippen molar-refractivity contribution in [3.63, 3.8) is 0 Å². The topological polar surface area (TPSA) is 34.9 Å². The minimum Gasteiger partial charge on any atom is -0.338 e. The third kappa shape index (κ3) is 3.54. The first-order chi connectivity index (χ1) is 6.59. The zero-order valence-corrected chi connectivity index (χ0v) is 9.67. The molecule has 0 aliphatic rings. The van der Waals surface area contributed by atoms with Gasteiger partial charge in [-0.25, -0.2) is 4.98 Å². The van der Waals surface area contributed by atoms with Gasteiger partial charge in [-0.15, -0.1) is 0 Å². The molecule has 0 radical (unpaired) electrons. The van der Waals surface area contributed by atoms with Gasteiger partial charge in [0.15, 0.2) is 0 Å². The highest BCUT2D eigenvalue weighted by atomic mass is 32.2. The molecule has 0 spiro atoms. The maximum Gasteiger partial charge on any atom is 0.150 e. The molecule has 0 N–H and O–H groups in total. The largest absolute Gasteiger partial charge is 0.338 e. The van der Waals surface area contributed by atoms with Gasteiger partial charge in [-0.1, -0.05) is 13.8 Å². The van der Waals surface area contributed by atoms with Crippen LogP contribution in [0.1, 0.15) is 19.7 Å². The Morgan fingerprint density at radius 1 is 1.64 bits per heavy atom. The van der Waals surface area contributed by atoms with Crippen molar-refractivity contribution in [2.75, 3.05) is 5.75 Å². The van der Waals surface area contributed by atoms with E-state index in [0.29, 0.717) is 17.4 Å². The molecule has 3 nitrogen and oxygen atoms in total. The number of carbonyl (C=O) groups excluding carboxylic acids is 1. The van der Waals surface area contributed by atoms with E-state index in [1.165, 1.54) is 0 Å². The van der Waals surface area contributed by atoms with E-state index >= 15 is 0 Å². The highest BCUT2D eigenvalue weighted by Gasteiger charge is 2.08. The average molecular weight is 212 g/mol. The van der Waals surface area contributed by atoms with Crippen LogP contribution in [-0.2, 0) is 18.3 Å². The van der Waals surface area contributed by atoms with E-state index in [2.05, 4.69) is 18.8 Å². The molecule has 0 fully saturated rings. The summed E-state index contributed by atoms with van der Waals surface area (Å²) >= 11 is 1.68. The number of aromatic nitrogens is 2. The van der Waals surface area contributed by atoms with Crippen LogP contribution >= 0.6 is 11.8 Å². The van der Waals surface area contributed by atoms with Gasteiger partial charge in [0, 0.05) is 19.4 Å². The van der Waals surface area contributed by atoms with Crippen molar-refractivity contribution in [1.82, 2.24) is 9.55 Å². The molecule has 1 aromatic rings. The molecule has 0 saturated carbocycles. The van der Waals surface area contributed by atoms with Crippen LogP contribution in [-0.4, -0.2) is 26.3 Å². The fourth-order valence-electron chi connectivity index (χ4n) is 1.05. The van der Waals surface area contributed by atoms with Gasteiger partial charge in [0.05, 0.1) is 12.2 Å². The molecule has 0 bridgehead atoms. The molecule has 0 unspecified atom stereocenters. The number of carbonyl (C=O) groups is 1. The zero-order chi connectivity index (χ0) is 10.6. The number of Topliss-reactive ketones (excluding diaryl/α,β-unsaturated/α-hetero) is 1. The SMILES string of the molecule is CC(C)SCC(=O)Cc1nccn1C. The molecule has 1 rings (SSSR count). The fourth-order valence-corrected chi connectivity index (χ4v) is 1.68. The van der Waals surface area contributed by atoms with Crippen molar-refractivity contribution < 1.29 is 4.79 Å². The first kappa shape index (κ1) is 11.3. The number of thioether (sulfide) groups is 1. The van der Waals surface area contributed by atoms with Crippen molar-refractivity contribution in [2.24, 2.45) is 7.05 Å². The zero-order valence-electron chi connectivity index (χ0n) is 8.86. The van der Waals surface area contributed by atoms with Crippen LogP contribution in [0.15, 0.2) is 12.4 Å². The van der Waals surface area contributed by atoms with Crippen molar-refractivity contribution in [3.8, 4) is 0 Å².